The molecule has 0 spiro atoms. The molecule has 14 nitrogen and oxygen atoms in total. The van der Waals surface area contributed by atoms with Crippen LogP contribution in [0.4, 0.5) is 21.9 Å². The maximum Gasteiger partial charge on any atom is 0.323 e. The van der Waals surface area contributed by atoms with Gasteiger partial charge < -0.3 is 21.3 Å². The number of carbonyl (C=O) groups excluding carboxylic acids is 4. The molecule has 1 aromatic heterocycles. The minimum Gasteiger partial charge on any atom is -0.336 e. The third-order valence-electron chi connectivity index (χ3n) is 5.77. The fourth-order valence-corrected chi connectivity index (χ4v) is 3.91. The molecule has 0 aliphatic carbocycles. The zero-order valence-electron chi connectivity index (χ0n) is 24.0. The molecule has 0 bridgehead atoms. The zero-order valence-corrected chi connectivity index (χ0v) is 24.8. The number of carbonyl (C=O) groups is 4. The summed E-state index contributed by atoms with van der Waals surface area (Å²) in [7, 11) is 0. The number of nitrogens with one attached hydrogen (secondary N) is 5. The standard InChI is InChI=1S/C29H30ClN9O5/c1-29(2,3)44-36-25(40)23(15-18-9-12-21(13-10-18)33-28(43)32-20-7-5-4-6-8-20)35-27(42)26(41)34-22-16-19(30)11-14-24(22)39-17-31-37-38-39/h4-14,16-17,23H,15H2,1-3H3,(H,34,41)(H,35,42)(H,36,40)(H2,32,33,43)/t23-/m0/s1. The van der Waals surface area contributed by atoms with Gasteiger partial charge in [0.2, 0.25) is 0 Å². The third kappa shape index (κ3) is 9.34. The topological polar surface area (TPSA) is 181 Å². The fraction of sp³-hybridized carbons (Fsp3) is 0.207. The number of aromatic nitrogens is 4. The maximum atomic E-state index is 13.1. The second kappa shape index (κ2) is 14.2. The van der Waals surface area contributed by atoms with Crippen LogP contribution in [0.5, 0.6) is 0 Å². The third-order valence-corrected chi connectivity index (χ3v) is 6.01. The van der Waals surface area contributed by atoms with Crippen LogP contribution in [0.1, 0.15) is 26.3 Å². The Bertz CT molecular complexity index is 1610. The number of amides is 5. The number of nitrogens with zero attached hydrogens (tertiary/aromatic N) is 4. The number of urea groups is 1. The van der Waals surface area contributed by atoms with Crippen LogP contribution in [0.2, 0.25) is 5.02 Å². The summed E-state index contributed by atoms with van der Waals surface area (Å²) in [5.41, 5.74) is 3.92. The fourth-order valence-electron chi connectivity index (χ4n) is 3.74. The second-order valence-corrected chi connectivity index (χ2v) is 10.9. The molecule has 0 unspecified atom stereocenters. The maximum absolute atomic E-state index is 13.1. The Morgan fingerprint density at radius 1 is 0.886 bits per heavy atom. The van der Waals surface area contributed by atoms with Gasteiger partial charge in [-0.15, -0.1) is 5.10 Å². The first-order valence-corrected chi connectivity index (χ1v) is 13.7. The molecular weight excluding hydrogens is 590 g/mol. The molecule has 1 atom stereocenters. The zero-order chi connectivity index (χ0) is 31.7. The van der Waals surface area contributed by atoms with E-state index in [9.17, 15) is 19.2 Å². The van der Waals surface area contributed by atoms with E-state index in [4.69, 9.17) is 16.4 Å². The van der Waals surface area contributed by atoms with Crippen molar-refractivity contribution in [3.8, 4) is 5.69 Å². The van der Waals surface area contributed by atoms with E-state index < -0.39 is 35.4 Å². The Balaban J connectivity index is 1.44. The quantitative estimate of drug-likeness (QED) is 0.139. The van der Waals surface area contributed by atoms with Gasteiger partial charge in [0.1, 0.15) is 12.4 Å². The summed E-state index contributed by atoms with van der Waals surface area (Å²) < 4.78 is 1.29. The molecule has 0 radical (unpaired) electrons. The summed E-state index contributed by atoms with van der Waals surface area (Å²) in [6.07, 6.45) is 1.31. The van der Waals surface area contributed by atoms with Crippen LogP contribution in [0.3, 0.4) is 0 Å². The van der Waals surface area contributed by atoms with Gasteiger partial charge in [0.25, 0.3) is 5.91 Å². The Morgan fingerprint density at radius 3 is 2.20 bits per heavy atom. The number of halogens is 1. The number of para-hydroxylation sites is 1. The van der Waals surface area contributed by atoms with Crippen molar-refractivity contribution in [3.63, 3.8) is 0 Å². The number of hydroxylamine groups is 1. The smallest absolute Gasteiger partial charge is 0.323 e. The van der Waals surface area contributed by atoms with Crippen LogP contribution in [-0.4, -0.2) is 55.6 Å². The molecular formula is C29H30ClN9O5. The molecule has 0 fully saturated rings. The van der Waals surface area contributed by atoms with Gasteiger partial charge in [0.05, 0.1) is 17.0 Å². The second-order valence-electron chi connectivity index (χ2n) is 10.4. The Labute approximate surface area is 257 Å². The Kier molecular flexibility index (Phi) is 10.2. The predicted octanol–water partition coefficient (Wildman–Crippen LogP) is 3.47. The van der Waals surface area contributed by atoms with Crippen molar-refractivity contribution in [1.82, 2.24) is 31.0 Å². The molecule has 3 aromatic carbocycles. The van der Waals surface area contributed by atoms with Crippen LogP contribution < -0.4 is 26.7 Å². The molecule has 15 heteroatoms. The number of anilines is 3. The lowest BCUT2D eigenvalue weighted by Crippen LogP contribution is -2.51. The minimum absolute atomic E-state index is 0.00187. The van der Waals surface area contributed by atoms with Crippen LogP contribution in [0, 0.1) is 0 Å². The average Bonchev–Trinajstić information content (AvgIpc) is 3.51. The van der Waals surface area contributed by atoms with Gasteiger partial charge in [-0.25, -0.2) is 10.3 Å². The summed E-state index contributed by atoms with van der Waals surface area (Å²) in [5, 5.41) is 21.6. The van der Waals surface area contributed by atoms with Gasteiger partial charge in [0, 0.05) is 22.8 Å². The van der Waals surface area contributed by atoms with E-state index in [2.05, 4.69) is 42.3 Å². The minimum atomic E-state index is -1.20. The van der Waals surface area contributed by atoms with Crippen molar-refractivity contribution in [2.45, 2.75) is 38.8 Å². The van der Waals surface area contributed by atoms with E-state index >= 15 is 0 Å². The lowest BCUT2D eigenvalue weighted by molar-refractivity contribution is -0.149. The molecule has 5 amide bonds. The Hall–Kier alpha value is -5.34. The molecule has 0 saturated heterocycles. The van der Waals surface area contributed by atoms with Gasteiger partial charge in [-0.1, -0.05) is 41.9 Å². The SMILES string of the molecule is CC(C)(C)ONC(=O)[C@H](Cc1ccc(NC(=O)Nc2ccccc2)cc1)NC(=O)C(=O)Nc1cc(Cl)ccc1-n1cnnn1. The van der Waals surface area contributed by atoms with Crippen LogP contribution in [0.25, 0.3) is 5.69 Å². The highest BCUT2D eigenvalue weighted by Crippen LogP contribution is 2.24. The van der Waals surface area contributed by atoms with Crippen molar-refractivity contribution in [2.75, 3.05) is 16.0 Å². The van der Waals surface area contributed by atoms with E-state index in [-0.39, 0.29) is 12.1 Å². The van der Waals surface area contributed by atoms with Crippen molar-refractivity contribution in [3.05, 3.63) is 89.7 Å². The van der Waals surface area contributed by atoms with Crippen LogP contribution >= 0.6 is 11.6 Å². The van der Waals surface area contributed by atoms with Crippen molar-refractivity contribution >= 4 is 52.4 Å². The van der Waals surface area contributed by atoms with Gasteiger partial charge in [0.15, 0.2) is 0 Å². The van der Waals surface area contributed by atoms with Crippen molar-refractivity contribution < 1.29 is 24.0 Å². The van der Waals surface area contributed by atoms with Crippen LogP contribution in [-0.2, 0) is 25.6 Å². The monoisotopic (exact) mass is 619 g/mol. The van der Waals surface area contributed by atoms with Gasteiger partial charge in [-0.2, -0.15) is 4.68 Å². The number of hydrogen-bond donors (Lipinski definition) is 5. The normalized spacial score (nSPS) is 11.6. The van der Waals surface area contributed by atoms with Gasteiger partial charge in [-0.05, 0) is 79.2 Å². The summed E-state index contributed by atoms with van der Waals surface area (Å²) in [4.78, 5) is 56.7. The van der Waals surface area contributed by atoms with E-state index in [1.807, 2.05) is 6.07 Å². The van der Waals surface area contributed by atoms with E-state index in [1.54, 1.807) is 81.4 Å². The number of rotatable bonds is 9. The van der Waals surface area contributed by atoms with Crippen molar-refractivity contribution in [1.29, 1.82) is 0 Å². The first kappa shape index (κ1) is 31.6. The highest BCUT2D eigenvalue weighted by atomic mass is 35.5. The average molecular weight is 620 g/mol. The summed E-state index contributed by atoms with van der Waals surface area (Å²) in [6.45, 7) is 5.21. The molecule has 0 saturated carbocycles. The molecule has 228 valence electrons. The molecule has 1 heterocycles. The number of hydrogen-bond acceptors (Lipinski definition) is 8. The molecule has 0 aliphatic heterocycles. The predicted molar refractivity (Wildman–Crippen MR) is 163 cm³/mol. The van der Waals surface area contributed by atoms with Gasteiger partial charge >= 0.3 is 17.8 Å². The molecule has 0 aliphatic rings. The molecule has 5 N–H and O–H groups in total. The summed E-state index contributed by atoms with van der Waals surface area (Å²) >= 11 is 6.10. The van der Waals surface area contributed by atoms with E-state index in [0.717, 1.165) is 0 Å². The first-order valence-electron chi connectivity index (χ1n) is 13.3. The summed E-state index contributed by atoms with van der Waals surface area (Å²) in [6, 6.07) is 18.6. The highest BCUT2D eigenvalue weighted by molar-refractivity contribution is 6.40. The highest BCUT2D eigenvalue weighted by Gasteiger charge is 2.27. The largest absolute Gasteiger partial charge is 0.336 e. The lowest BCUT2D eigenvalue weighted by atomic mass is 10.0. The van der Waals surface area contributed by atoms with Crippen molar-refractivity contribution in [2.24, 2.45) is 0 Å². The number of tetrazole rings is 1. The van der Waals surface area contributed by atoms with Crippen LogP contribution in [0.15, 0.2) is 79.1 Å². The molecule has 4 rings (SSSR count). The van der Waals surface area contributed by atoms with E-state index in [0.29, 0.717) is 27.6 Å². The first-order chi connectivity index (χ1) is 21.0. The molecule has 44 heavy (non-hydrogen) atoms. The molecule has 4 aromatic rings. The lowest BCUT2D eigenvalue weighted by Gasteiger charge is -2.23. The number of benzene rings is 3. The van der Waals surface area contributed by atoms with E-state index in [1.165, 1.54) is 17.1 Å². The Morgan fingerprint density at radius 2 is 1.57 bits per heavy atom. The summed E-state index contributed by atoms with van der Waals surface area (Å²) in [5.74, 6) is -2.82. The van der Waals surface area contributed by atoms with Gasteiger partial charge in [-0.3, -0.25) is 19.2 Å².